The molecule has 0 unspecified atom stereocenters. The van der Waals surface area contributed by atoms with E-state index in [0.29, 0.717) is 5.01 Å². The van der Waals surface area contributed by atoms with E-state index in [2.05, 4.69) is 23.4 Å². The van der Waals surface area contributed by atoms with E-state index in [-0.39, 0.29) is 18.8 Å². The van der Waals surface area contributed by atoms with Crippen LogP contribution in [0.2, 0.25) is 0 Å². The second-order valence-corrected chi connectivity index (χ2v) is 7.32. The van der Waals surface area contributed by atoms with Gasteiger partial charge in [-0.2, -0.15) is 12.6 Å². The molecule has 0 saturated carbocycles. The third-order valence-corrected chi connectivity index (χ3v) is 4.72. The summed E-state index contributed by atoms with van der Waals surface area (Å²) in [5, 5.41) is 3.05. The van der Waals surface area contributed by atoms with Gasteiger partial charge < -0.3 is 20.5 Å². The van der Waals surface area contributed by atoms with Crippen molar-refractivity contribution in [2.45, 2.75) is 25.1 Å². The second kappa shape index (κ2) is 13.1. The van der Waals surface area contributed by atoms with Crippen LogP contribution in [0.25, 0.3) is 0 Å². The summed E-state index contributed by atoms with van der Waals surface area (Å²) in [5.41, 5.74) is 9.63. The topological polar surface area (TPSA) is 140 Å². The molecule has 4 N–H and O–H groups in total. The number of nitrogens with one attached hydrogen (secondary N) is 2. The minimum atomic E-state index is -1.22. The SMILES string of the molecule is CN(NC(=O)OCc1ccccc1)C(=O)OC(=O)[C@H](CS)NC(=O)[C@@H](N)Cc1ccccc1. The minimum Gasteiger partial charge on any atom is -0.443 e. The third-order valence-electron chi connectivity index (χ3n) is 4.35. The fraction of sp³-hybridized carbons (Fsp3) is 0.273. The lowest BCUT2D eigenvalue weighted by Crippen LogP contribution is -2.52. The van der Waals surface area contributed by atoms with Crippen LogP contribution in [0.15, 0.2) is 60.7 Å². The first kappa shape index (κ1) is 25.7. The van der Waals surface area contributed by atoms with E-state index in [4.69, 9.17) is 15.2 Å². The van der Waals surface area contributed by atoms with Gasteiger partial charge in [0.15, 0.2) is 0 Å². The number of amides is 3. The lowest BCUT2D eigenvalue weighted by molar-refractivity contribution is -0.142. The molecule has 10 nitrogen and oxygen atoms in total. The largest absolute Gasteiger partial charge is 0.443 e. The number of nitrogens with zero attached hydrogens (tertiary/aromatic N) is 1. The van der Waals surface area contributed by atoms with Crippen LogP contribution in [0.3, 0.4) is 0 Å². The lowest BCUT2D eigenvalue weighted by Gasteiger charge is -2.20. The van der Waals surface area contributed by atoms with E-state index in [1.54, 1.807) is 24.3 Å². The Morgan fingerprint density at radius 3 is 2.15 bits per heavy atom. The fourth-order valence-corrected chi connectivity index (χ4v) is 2.82. The van der Waals surface area contributed by atoms with Crippen molar-refractivity contribution in [2.24, 2.45) is 5.73 Å². The van der Waals surface area contributed by atoms with Crippen molar-refractivity contribution >= 4 is 36.7 Å². The molecule has 2 aromatic rings. The first-order chi connectivity index (χ1) is 15.8. The average molecular weight is 475 g/mol. The summed E-state index contributed by atoms with van der Waals surface area (Å²) in [7, 11) is 1.17. The normalized spacial score (nSPS) is 12.1. The highest BCUT2D eigenvalue weighted by Crippen LogP contribution is 2.04. The van der Waals surface area contributed by atoms with Crippen molar-refractivity contribution in [1.29, 1.82) is 0 Å². The van der Waals surface area contributed by atoms with E-state index >= 15 is 0 Å². The van der Waals surface area contributed by atoms with Crippen LogP contribution >= 0.6 is 12.6 Å². The van der Waals surface area contributed by atoms with Crippen LogP contribution in [0.1, 0.15) is 11.1 Å². The lowest BCUT2D eigenvalue weighted by atomic mass is 10.1. The van der Waals surface area contributed by atoms with Gasteiger partial charge in [0.05, 0.1) is 6.04 Å². The molecule has 0 bridgehead atoms. The number of rotatable bonds is 8. The molecule has 0 saturated heterocycles. The van der Waals surface area contributed by atoms with Gasteiger partial charge in [-0.15, -0.1) is 0 Å². The number of carbonyl (C=O) groups is 4. The van der Waals surface area contributed by atoms with E-state index < -0.39 is 36.1 Å². The maximum absolute atomic E-state index is 12.3. The van der Waals surface area contributed by atoms with Gasteiger partial charge in [0.25, 0.3) is 0 Å². The number of benzene rings is 2. The van der Waals surface area contributed by atoms with Gasteiger partial charge in [0.2, 0.25) is 5.91 Å². The number of carbonyl (C=O) groups excluding carboxylic acids is 4. The summed E-state index contributed by atoms with van der Waals surface area (Å²) < 4.78 is 9.68. The van der Waals surface area contributed by atoms with E-state index in [9.17, 15) is 19.2 Å². The number of ether oxygens (including phenoxy) is 2. The van der Waals surface area contributed by atoms with E-state index in [0.717, 1.165) is 11.1 Å². The van der Waals surface area contributed by atoms with Crippen molar-refractivity contribution in [3.8, 4) is 0 Å². The van der Waals surface area contributed by atoms with Gasteiger partial charge in [-0.05, 0) is 17.5 Å². The van der Waals surface area contributed by atoms with Gasteiger partial charge in [-0.3, -0.25) is 4.79 Å². The fourth-order valence-electron chi connectivity index (χ4n) is 2.58. The molecule has 0 radical (unpaired) electrons. The number of hydrogen-bond donors (Lipinski definition) is 4. The van der Waals surface area contributed by atoms with Crippen LogP contribution in [0, 0.1) is 0 Å². The zero-order chi connectivity index (χ0) is 24.2. The molecule has 176 valence electrons. The predicted molar refractivity (Wildman–Crippen MR) is 123 cm³/mol. The standard InChI is InChI=1S/C22H26N4O6S/c1-26(25-21(29)31-13-16-10-6-3-7-11-16)22(30)32-20(28)18(14-33)24-19(27)17(23)12-15-8-4-2-5-9-15/h2-11,17-18,33H,12-14,23H2,1H3,(H,24,27)(H,25,29)/t17-,18-/m0/s1. The summed E-state index contributed by atoms with van der Waals surface area (Å²) in [6, 6.07) is 15.9. The Balaban J connectivity index is 1.79. The molecule has 0 aliphatic rings. The molecule has 0 fully saturated rings. The summed E-state index contributed by atoms with van der Waals surface area (Å²) in [4.78, 5) is 48.5. The molecule has 0 heterocycles. The van der Waals surface area contributed by atoms with Crippen LogP contribution in [-0.2, 0) is 32.1 Å². The van der Waals surface area contributed by atoms with Crippen molar-refractivity contribution in [3.05, 3.63) is 71.8 Å². The Morgan fingerprint density at radius 1 is 1.00 bits per heavy atom. The van der Waals surface area contributed by atoms with Crippen LogP contribution < -0.4 is 16.5 Å². The summed E-state index contributed by atoms with van der Waals surface area (Å²) in [5.74, 6) is -1.79. The number of hydrogen-bond acceptors (Lipinski definition) is 8. The Hall–Kier alpha value is -3.57. The Bertz CT molecular complexity index is 944. The predicted octanol–water partition coefficient (Wildman–Crippen LogP) is 1.41. The first-order valence-electron chi connectivity index (χ1n) is 9.97. The van der Waals surface area contributed by atoms with Gasteiger partial charge in [-0.1, -0.05) is 60.7 Å². The van der Waals surface area contributed by atoms with Crippen LogP contribution in [0.5, 0.6) is 0 Å². The molecular formula is C22H26N4O6S. The molecule has 33 heavy (non-hydrogen) atoms. The number of thiol groups is 1. The monoisotopic (exact) mass is 474 g/mol. The van der Waals surface area contributed by atoms with Gasteiger partial charge in [0.1, 0.15) is 12.6 Å². The van der Waals surface area contributed by atoms with Crippen molar-refractivity contribution in [3.63, 3.8) is 0 Å². The van der Waals surface area contributed by atoms with E-state index in [1.807, 2.05) is 36.4 Å². The van der Waals surface area contributed by atoms with Crippen LogP contribution in [0.4, 0.5) is 9.59 Å². The first-order valence-corrected chi connectivity index (χ1v) is 10.6. The summed E-state index contributed by atoms with van der Waals surface area (Å²) >= 11 is 4.02. The second-order valence-electron chi connectivity index (χ2n) is 6.96. The minimum absolute atomic E-state index is 0.00845. The van der Waals surface area contributed by atoms with Gasteiger partial charge in [-0.25, -0.2) is 24.8 Å². The average Bonchev–Trinajstić information content (AvgIpc) is 2.82. The Kier molecular flexibility index (Phi) is 10.2. The molecule has 3 amide bonds. The van der Waals surface area contributed by atoms with Gasteiger partial charge >= 0.3 is 18.2 Å². The highest BCUT2D eigenvalue weighted by Gasteiger charge is 2.27. The molecule has 0 spiro atoms. The maximum Gasteiger partial charge on any atom is 0.436 e. The summed E-state index contributed by atoms with van der Waals surface area (Å²) in [6.07, 6.45) is -1.83. The zero-order valence-electron chi connectivity index (χ0n) is 18.0. The van der Waals surface area contributed by atoms with Gasteiger partial charge in [0, 0.05) is 12.8 Å². The zero-order valence-corrected chi connectivity index (χ0v) is 18.9. The highest BCUT2D eigenvalue weighted by atomic mass is 32.1. The Morgan fingerprint density at radius 2 is 1.58 bits per heavy atom. The molecule has 2 rings (SSSR count). The van der Waals surface area contributed by atoms with Crippen molar-refractivity contribution < 1.29 is 28.7 Å². The molecular weight excluding hydrogens is 448 g/mol. The van der Waals surface area contributed by atoms with Crippen LogP contribution in [-0.4, -0.2) is 54.0 Å². The molecule has 2 aromatic carbocycles. The maximum atomic E-state index is 12.3. The van der Waals surface area contributed by atoms with Crippen molar-refractivity contribution in [2.75, 3.05) is 12.8 Å². The molecule has 0 aliphatic carbocycles. The Labute approximate surface area is 196 Å². The third kappa shape index (κ3) is 8.83. The van der Waals surface area contributed by atoms with E-state index in [1.165, 1.54) is 7.05 Å². The summed E-state index contributed by atoms with van der Waals surface area (Å²) in [6.45, 7) is -0.00845. The number of nitrogens with two attached hydrogens (primary N) is 1. The smallest absolute Gasteiger partial charge is 0.436 e. The quantitative estimate of drug-likeness (QED) is 0.196. The highest BCUT2D eigenvalue weighted by molar-refractivity contribution is 7.80. The number of esters is 1. The molecule has 0 aromatic heterocycles. The molecule has 11 heteroatoms. The molecule has 2 atom stereocenters. The molecule has 0 aliphatic heterocycles. The number of hydrazine groups is 1. The van der Waals surface area contributed by atoms with Crippen molar-refractivity contribution in [1.82, 2.24) is 15.8 Å².